The van der Waals surface area contributed by atoms with Crippen molar-refractivity contribution < 1.29 is 26.7 Å². The number of anilines is 1. The molecule has 0 saturated heterocycles. The predicted octanol–water partition coefficient (Wildman–Crippen LogP) is 3.65. The quantitative estimate of drug-likeness (QED) is 0.849. The van der Waals surface area contributed by atoms with Gasteiger partial charge in [0.2, 0.25) is 5.95 Å². The maximum atomic E-state index is 13.4. The van der Waals surface area contributed by atoms with Crippen molar-refractivity contribution in [3.05, 3.63) is 47.8 Å². The maximum absolute atomic E-state index is 13.4. The van der Waals surface area contributed by atoms with Gasteiger partial charge in [0.1, 0.15) is 18.1 Å². The molecular weight excluding hydrogens is 321 g/mol. The van der Waals surface area contributed by atoms with Gasteiger partial charge in [-0.05, 0) is 25.1 Å². The Morgan fingerprint density at radius 2 is 1.96 bits per heavy atom. The molecule has 4 nitrogen and oxygen atoms in total. The number of alkyl halides is 3. The molecule has 1 unspecified atom stereocenters. The topological polar surface area (TPSA) is 47.0 Å². The monoisotopic (exact) mass is 333 g/mol. The molecule has 1 atom stereocenters. The van der Waals surface area contributed by atoms with Gasteiger partial charge in [-0.2, -0.15) is 13.2 Å². The molecule has 1 aromatic carbocycles. The third-order valence-electron chi connectivity index (χ3n) is 2.70. The van der Waals surface area contributed by atoms with Crippen LogP contribution < -0.4 is 10.1 Å². The summed E-state index contributed by atoms with van der Waals surface area (Å²) in [5.74, 6) is -1.99. The van der Waals surface area contributed by atoms with E-state index in [9.17, 15) is 22.0 Å². The number of halogens is 5. The fourth-order valence-electron chi connectivity index (χ4n) is 1.66. The molecule has 0 aliphatic heterocycles. The zero-order valence-corrected chi connectivity index (χ0v) is 11.9. The lowest BCUT2D eigenvalue weighted by Crippen LogP contribution is -2.25. The van der Waals surface area contributed by atoms with Crippen molar-refractivity contribution in [2.75, 3.05) is 11.9 Å². The van der Waals surface area contributed by atoms with Crippen LogP contribution in [0.3, 0.4) is 0 Å². The first kappa shape index (κ1) is 16.9. The molecule has 1 aromatic heterocycles. The Balaban J connectivity index is 1.96. The van der Waals surface area contributed by atoms with Gasteiger partial charge in [-0.3, -0.25) is 0 Å². The van der Waals surface area contributed by atoms with Crippen LogP contribution in [0.15, 0.2) is 30.5 Å². The van der Waals surface area contributed by atoms with Gasteiger partial charge >= 0.3 is 6.18 Å². The minimum Gasteiger partial charge on any atom is -0.488 e. The molecule has 0 bridgehead atoms. The third kappa shape index (κ3) is 4.76. The Labute approximate surface area is 128 Å². The minimum atomic E-state index is -4.57. The summed E-state index contributed by atoms with van der Waals surface area (Å²) in [6, 6.07) is 3.07. The van der Waals surface area contributed by atoms with Gasteiger partial charge in [-0.15, -0.1) is 0 Å². The number of rotatable bonds is 5. The second kappa shape index (κ2) is 6.76. The van der Waals surface area contributed by atoms with Gasteiger partial charge in [-0.1, -0.05) is 0 Å². The molecule has 2 aromatic rings. The first-order chi connectivity index (χ1) is 10.8. The van der Waals surface area contributed by atoms with Gasteiger partial charge in [-0.25, -0.2) is 18.7 Å². The average Bonchev–Trinajstić information content (AvgIpc) is 2.45. The van der Waals surface area contributed by atoms with Crippen molar-refractivity contribution in [2.24, 2.45) is 0 Å². The van der Waals surface area contributed by atoms with Crippen molar-refractivity contribution in [1.29, 1.82) is 0 Å². The Hall–Kier alpha value is -2.45. The molecule has 0 amide bonds. The molecule has 0 aliphatic rings. The summed E-state index contributed by atoms with van der Waals surface area (Å²) in [5, 5.41) is 2.61. The van der Waals surface area contributed by atoms with E-state index in [1.165, 1.54) is 0 Å². The van der Waals surface area contributed by atoms with Crippen molar-refractivity contribution in [1.82, 2.24) is 9.97 Å². The summed E-state index contributed by atoms with van der Waals surface area (Å²) >= 11 is 0. The van der Waals surface area contributed by atoms with Crippen molar-refractivity contribution in [2.45, 2.75) is 19.1 Å². The minimum absolute atomic E-state index is 0.0812. The summed E-state index contributed by atoms with van der Waals surface area (Å²) in [6.07, 6.45) is -3.60. The van der Waals surface area contributed by atoms with Crippen LogP contribution >= 0.6 is 0 Å². The lowest BCUT2D eigenvalue weighted by atomic mass is 10.3. The number of benzene rings is 1. The van der Waals surface area contributed by atoms with Crippen LogP contribution in [-0.4, -0.2) is 22.6 Å². The van der Waals surface area contributed by atoms with Crippen LogP contribution in [0.2, 0.25) is 0 Å². The van der Waals surface area contributed by atoms with E-state index in [4.69, 9.17) is 4.74 Å². The second-order valence-corrected chi connectivity index (χ2v) is 4.69. The third-order valence-corrected chi connectivity index (χ3v) is 2.70. The van der Waals surface area contributed by atoms with Gasteiger partial charge in [0.15, 0.2) is 11.6 Å². The molecule has 0 spiro atoms. The Morgan fingerprint density at radius 3 is 2.61 bits per heavy atom. The fourth-order valence-corrected chi connectivity index (χ4v) is 1.66. The SMILES string of the molecule is CC(COc1ccc(F)cc1F)Nc1nccc(C(F)(F)F)n1. The summed E-state index contributed by atoms with van der Waals surface area (Å²) < 4.78 is 68.9. The van der Waals surface area contributed by atoms with Crippen LogP contribution in [0.5, 0.6) is 5.75 Å². The highest BCUT2D eigenvalue weighted by molar-refractivity contribution is 5.28. The first-order valence-electron chi connectivity index (χ1n) is 6.50. The number of nitrogens with zero attached hydrogens (tertiary/aromatic N) is 2. The number of aromatic nitrogens is 2. The first-order valence-corrected chi connectivity index (χ1v) is 6.50. The molecule has 1 N–H and O–H groups in total. The second-order valence-electron chi connectivity index (χ2n) is 4.69. The molecule has 0 aliphatic carbocycles. The van der Waals surface area contributed by atoms with E-state index in [0.29, 0.717) is 6.07 Å². The predicted molar refractivity (Wildman–Crippen MR) is 72.0 cm³/mol. The zero-order chi connectivity index (χ0) is 17.0. The van der Waals surface area contributed by atoms with Gasteiger partial charge in [0.25, 0.3) is 0 Å². The Bertz CT molecular complexity index is 678. The van der Waals surface area contributed by atoms with E-state index in [0.717, 1.165) is 24.4 Å². The molecule has 0 saturated carbocycles. The number of ether oxygens (including phenoxy) is 1. The Morgan fingerprint density at radius 1 is 1.22 bits per heavy atom. The average molecular weight is 333 g/mol. The molecule has 9 heteroatoms. The molecule has 124 valence electrons. The Kier molecular flexibility index (Phi) is 4.97. The van der Waals surface area contributed by atoms with Crippen LogP contribution in [0.4, 0.5) is 27.9 Å². The van der Waals surface area contributed by atoms with Crippen molar-refractivity contribution in [3.8, 4) is 5.75 Å². The van der Waals surface area contributed by atoms with Crippen LogP contribution in [0.1, 0.15) is 12.6 Å². The smallest absolute Gasteiger partial charge is 0.433 e. The van der Waals surface area contributed by atoms with Crippen LogP contribution in [-0.2, 0) is 6.18 Å². The molecule has 23 heavy (non-hydrogen) atoms. The van der Waals surface area contributed by atoms with Gasteiger partial charge < -0.3 is 10.1 Å². The van der Waals surface area contributed by atoms with E-state index in [1.807, 2.05) is 0 Å². The highest BCUT2D eigenvalue weighted by atomic mass is 19.4. The molecule has 0 radical (unpaired) electrons. The molecule has 1 heterocycles. The standard InChI is InChI=1S/C14H12F5N3O/c1-8(7-23-11-3-2-9(15)6-10(11)16)21-13-20-5-4-12(22-13)14(17,18)19/h2-6,8H,7H2,1H3,(H,20,21,22). The van der Waals surface area contributed by atoms with Gasteiger partial charge in [0, 0.05) is 12.3 Å². The zero-order valence-electron chi connectivity index (χ0n) is 11.9. The van der Waals surface area contributed by atoms with E-state index in [-0.39, 0.29) is 18.3 Å². The van der Waals surface area contributed by atoms with E-state index in [2.05, 4.69) is 15.3 Å². The van der Waals surface area contributed by atoms with E-state index in [1.54, 1.807) is 6.92 Å². The molecule has 0 fully saturated rings. The van der Waals surface area contributed by atoms with Crippen LogP contribution in [0, 0.1) is 11.6 Å². The van der Waals surface area contributed by atoms with Gasteiger partial charge in [0.05, 0.1) is 6.04 Å². The largest absolute Gasteiger partial charge is 0.488 e. The number of hydrogen-bond donors (Lipinski definition) is 1. The highest BCUT2D eigenvalue weighted by Gasteiger charge is 2.32. The lowest BCUT2D eigenvalue weighted by Gasteiger charge is -2.16. The normalized spacial score (nSPS) is 12.8. The highest BCUT2D eigenvalue weighted by Crippen LogP contribution is 2.27. The number of hydrogen-bond acceptors (Lipinski definition) is 4. The lowest BCUT2D eigenvalue weighted by molar-refractivity contribution is -0.141. The summed E-state index contributed by atoms with van der Waals surface area (Å²) in [7, 11) is 0. The van der Waals surface area contributed by atoms with E-state index < -0.39 is 29.5 Å². The maximum Gasteiger partial charge on any atom is 0.433 e. The summed E-state index contributed by atoms with van der Waals surface area (Å²) in [4.78, 5) is 7.02. The van der Waals surface area contributed by atoms with Crippen molar-refractivity contribution >= 4 is 5.95 Å². The van der Waals surface area contributed by atoms with Crippen molar-refractivity contribution in [3.63, 3.8) is 0 Å². The summed E-state index contributed by atoms with van der Waals surface area (Å²) in [5.41, 5.74) is -1.08. The summed E-state index contributed by atoms with van der Waals surface area (Å²) in [6.45, 7) is 1.51. The van der Waals surface area contributed by atoms with E-state index >= 15 is 0 Å². The molecule has 2 rings (SSSR count). The number of nitrogens with one attached hydrogen (secondary N) is 1. The molecular formula is C14H12F5N3O. The fraction of sp³-hybridized carbons (Fsp3) is 0.286. The van der Waals surface area contributed by atoms with Crippen LogP contribution in [0.25, 0.3) is 0 Å².